The van der Waals surface area contributed by atoms with Gasteiger partial charge in [-0.3, -0.25) is 0 Å². The van der Waals surface area contributed by atoms with Gasteiger partial charge in [-0.25, -0.2) is 0 Å². The molecule has 0 atom stereocenters. The zero-order chi connectivity index (χ0) is 12.4. The van der Waals surface area contributed by atoms with Crippen LogP contribution in [0.3, 0.4) is 0 Å². The molecule has 0 aromatic heterocycles. The zero-order valence-electron chi connectivity index (χ0n) is 10.8. The van der Waals surface area contributed by atoms with E-state index in [0.717, 1.165) is 12.8 Å². The second-order valence-corrected chi connectivity index (χ2v) is 9.25. The Morgan fingerprint density at radius 3 is 1.79 bits per heavy atom. The molecule has 0 radical (unpaired) electrons. The van der Waals surface area contributed by atoms with Gasteiger partial charge in [-0.2, -0.15) is 0 Å². The molecule has 0 saturated heterocycles. The van der Waals surface area contributed by atoms with Crippen LogP contribution in [0.4, 0.5) is 0 Å². The van der Waals surface area contributed by atoms with Crippen molar-refractivity contribution in [2.45, 2.75) is 19.4 Å². The van der Waals surface area contributed by atoms with E-state index in [1.807, 2.05) is 0 Å². The van der Waals surface area contributed by atoms with Gasteiger partial charge in [-0.15, -0.1) is 0 Å². The van der Waals surface area contributed by atoms with Crippen LogP contribution in [0.25, 0.3) is 0 Å². The average molecular weight is 274 g/mol. The number of rotatable bonds is 3. The Hall–Kier alpha value is -0.603. The molecule has 19 heavy (non-hydrogen) atoms. The van der Waals surface area contributed by atoms with Crippen LogP contribution in [0.15, 0.2) is 77.2 Å². The molecule has 1 aromatic rings. The van der Waals surface area contributed by atoms with Gasteiger partial charge in [0, 0.05) is 0 Å². The molecular formula is C17H19NaSi. The summed E-state index contributed by atoms with van der Waals surface area (Å²) in [6, 6.07) is 11.1. The first kappa shape index (κ1) is 14.8. The van der Waals surface area contributed by atoms with E-state index in [9.17, 15) is 0 Å². The van der Waals surface area contributed by atoms with Crippen LogP contribution in [0.5, 0.6) is 0 Å². The van der Waals surface area contributed by atoms with E-state index >= 15 is 0 Å². The number of hydrogen-bond donors (Lipinski definition) is 0. The van der Waals surface area contributed by atoms with Crippen molar-refractivity contribution in [1.29, 1.82) is 0 Å². The molecule has 2 aliphatic carbocycles. The third kappa shape index (κ3) is 2.66. The van der Waals surface area contributed by atoms with Crippen LogP contribution >= 0.6 is 0 Å². The van der Waals surface area contributed by atoms with Gasteiger partial charge in [0.05, 0.1) is 0 Å². The van der Waals surface area contributed by atoms with Gasteiger partial charge in [0.1, 0.15) is 8.07 Å². The summed E-state index contributed by atoms with van der Waals surface area (Å²) in [5.41, 5.74) is 0. The molecule has 1 aromatic carbocycles. The Labute approximate surface area is 138 Å². The Balaban J connectivity index is 0.00000133. The number of benzene rings is 1. The monoisotopic (exact) mass is 274 g/mol. The van der Waals surface area contributed by atoms with Crippen molar-refractivity contribution in [2.75, 3.05) is 0 Å². The Morgan fingerprint density at radius 1 is 0.842 bits per heavy atom. The summed E-state index contributed by atoms with van der Waals surface area (Å²) in [7, 11) is -1.66. The fraction of sp³-hybridized carbons (Fsp3) is 0.176. The normalized spacial score (nSPS) is 17.1. The van der Waals surface area contributed by atoms with E-state index in [-0.39, 0.29) is 29.6 Å². The van der Waals surface area contributed by atoms with Crippen molar-refractivity contribution >= 4 is 42.8 Å². The van der Waals surface area contributed by atoms with Crippen LogP contribution in [-0.4, -0.2) is 37.6 Å². The maximum atomic E-state index is 2.50. The maximum absolute atomic E-state index is 2.50. The molecule has 3 rings (SSSR count). The van der Waals surface area contributed by atoms with Crippen molar-refractivity contribution in [3.63, 3.8) is 0 Å². The summed E-state index contributed by atoms with van der Waals surface area (Å²) in [5.74, 6) is 0. The average Bonchev–Trinajstić information content (AvgIpc) is 3.12. The van der Waals surface area contributed by atoms with Crippen molar-refractivity contribution < 1.29 is 0 Å². The first-order chi connectivity index (χ1) is 8.82. The van der Waals surface area contributed by atoms with E-state index in [4.69, 9.17) is 0 Å². The van der Waals surface area contributed by atoms with Crippen LogP contribution in [0.1, 0.15) is 12.8 Å². The molecule has 0 heterocycles. The summed E-state index contributed by atoms with van der Waals surface area (Å²) in [6.45, 7) is 2.50. The second-order valence-electron chi connectivity index (χ2n) is 5.14. The van der Waals surface area contributed by atoms with Crippen LogP contribution in [0.2, 0.25) is 6.55 Å². The van der Waals surface area contributed by atoms with Gasteiger partial charge in [0.25, 0.3) is 0 Å². The van der Waals surface area contributed by atoms with Crippen molar-refractivity contribution in [3.05, 3.63) is 77.2 Å². The fourth-order valence-corrected chi connectivity index (χ4v) is 6.91. The molecule has 0 N–H and O–H groups in total. The molecule has 0 aliphatic heterocycles. The van der Waals surface area contributed by atoms with Gasteiger partial charge < -0.3 is 0 Å². The van der Waals surface area contributed by atoms with Crippen molar-refractivity contribution in [3.8, 4) is 0 Å². The first-order valence-corrected chi connectivity index (χ1v) is 9.09. The van der Waals surface area contributed by atoms with E-state index in [0.29, 0.717) is 0 Å². The predicted molar refractivity (Wildman–Crippen MR) is 88.5 cm³/mol. The van der Waals surface area contributed by atoms with Gasteiger partial charge in [-0.1, -0.05) is 88.9 Å². The molecule has 0 fully saturated rings. The Morgan fingerprint density at radius 2 is 1.37 bits per heavy atom. The van der Waals surface area contributed by atoms with E-state index in [2.05, 4.69) is 73.3 Å². The molecular weight excluding hydrogens is 255 g/mol. The molecule has 2 heteroatoms. The second kappa shape index (κ2) is 6.23. The van der Waals surface area contributed by atoms with Crippen LogP contribution in [-0.2, 0) is 0 Å². The SMILES string of the molecule is C[Si](C1=CC=CC1)(C1=CC=CC1)c1ccccc1.[NaH]. The molecule has 0 saturated carbocycles. The molecule has 0 bridgehead atoms. The van der Waals surface area contributed by atoms with Crippen LogP contribution < -0.4 is 5.19 Å². The summed E-state index contributed by atoms with van der Waals surface area (Å²) < 4.78 is 0. The number of hydrogen-bond acceptors (Lipinski definition) is 0. The van der Waals surface area contributed by atoms with Crippen LogP contribution in [0, 0.1) is 0 Å². The fourth-order valence-electron chi connectivity index (χ4n) is 2.98. The minimum atomic E-state index is -1.66. The molecule has 0 nitrogen and oxygen atoms in total. The minimum absolute atomic E-state index is 0. The molecule has 0 unspecified atom stereocenters. The van der Waals surface area contributed by atoms with Gasteiger partial charge in [0.15, 0.2) is 0 Å². The molecule has 0 spiro atoms. The van der Waals surface area contributed by atoms with Gasteiger partial charge >= 0.3 is 29.6 Å². The third-order valence-electron chi connectivity index (χ3n) is 4.18. The van der Waals surface area contributed by atoms with Crippen molar-refractivity contribution in [2.24, 2.45) is 0 Å². The first-order valence-electron chi connectivity index (χ1n) is 6.59. The number of allylic oxidation sites excluding steroid dienone is 8. The molecule has 92 valence electrons. The van der Waals surface area contributed by atoms with E-state index < -0.39 is 8.07 Å². The summed E-state index contributed by atoms with van der Waals surface area (Å²) >= 11 is 0. The quantitative estimate of drug-likeness (QED) is 0.743. The van der Waals surface area contributed by atoms with Crippen molar-refractivity contribution in [1.82, 2.24) is 0 Å². The topological polar surface area (TPSA) is 0 Å². The Kier molecular flexibility index (Phi) is 4.85. The summed E-state index contributed by atoms with van der Waals surface area (Å²) in [4.78, 5) is 0. The Bertz CT molecular complexity index is 534. The summed E-state index contributed by atoms with van der Waals surface area (Å²) in [5, 5.41) is 4.82. The predicted octanol–water partition coefficient (Wildman–Crippen LogP) is 3.17. The summed E-state index contributed by atoms with van der Waals surface area (Å²) in [6.07, 6.45) is 16.0. The van der Waals surface area contributed by atoms with E-state index in [1.54, 1.807) is 10.4 Å². The van der Waals surface area contributed by atoms with Gasteiger partial charge in [0.2, 0.25) is 0 Å². The zero-order valence-corrected chi connectivity index (χ0v) is 11.8. The molecule has 2 aliphatic rings. The van der Waals surface area contributed by atoms with E-state index in [1.165, 1.54) is 5.19 Å². The third-order valence-corrected chi connectivity index (χ3v) is 8.98. The standard InChI is InChI=1S/C17H18Si.Na.H/c1-18(16-11-5-6-12-16,17-13-7-8-14-17)15-9-3-2-4-10-15;;/h2-11,13H,12,14H2,1H3;;. The molecule has 0 amide bonds. The van der Waals surface area contributed by atoms with Gasteiger partial charge in [-0.05, 0) is 12.8 Å².